The van der Waals surface area contributed by atoms with Crippen LogP contribution in [0.2, 0.25) is 0 Å². The van der Waals surface area contributed by atoms with Crippen LogP contribution < -0.4 is 4.74 Å². The highest BCUT2D eigenvalue weighted by molar-refractivity contribution is 5.96. The van der Waals surface area contributed by atoms with Crippen molar-refractivity contribution in [2.75, 3.05) is 0 Å². The summed E-state index contributed by atoms with van der Waals surface area (Å²) in [5.41, 5.74) is 6.11. The molecule has 0 radical (unpaired) electrons. The Morgan fingerprint density at radius 3 is 2.58 bits per heavy atom. The Kier molecular flexibility index (Phi) is 5.53. The molecule has 0 spiro atoms. The molecule has 8 nitrogen and oxygen atoms in total. The van der Waals surface area contributed by atoms with E-state index >= 15 is 0 Å². The van der Waals surface area contributed by atoms with Crippen molar-refractivity contribution in [2.45, 2.75) is 38.2 Å². The molecule has 6 aromatic rings. The Morgan fingerprint density at radius 2 is 1.71 bits per heavy atom. The Labute approximate surface area is 217 Å². The van der Waals surface area contributed by atoms with Crippen molar-refractivity contribution in [3.05, 3.63) is 73.1 Å². The average molecular weight is 506 g/mol. The first-order chi connectivity index (χ1) is 18.7. The molecule has 9 heteroatoms. The molecule has 1 aromatic carbocycles. The molecule has 7 rings (SSSR count). The molecule has 5 aromatic heterocycles. The number of rotatable bonds is 5. The fourth-order valence-electron chi connectivity index (χ4n) is 5.13. The third-order valence-electron chi connectivity index (χ3n) is 7.07. The summed E-state index contributed by atoms with van der Waals surface area (Å²) in [6.45, 7) is 0. The molecule has 188 valence electrons. The molecule has 0 amide bonds. The van der Waals surface area contributed by atoms with Crippen molar-refractivity contribution >= 4 is 22.1 Å². The first-order valence-corrected chi connectivity index (χ1v) is 12.8. The summed E-state index contributed by atoms with van der Waals surface area (Å²) in [6, 6.07) is 12.2. The number of H-pyrrole nitrogens is 2. The van der Waals surface area contributed by atoms with Crippen LogP contribution in [-0.2, 0) is 0 Å². The summed E-state index contributed by atoms with van der Waals surface area (Å²) in [5, 5.41) is 8.31. The molecule has 0 unspecified atom stereocenters. The van der Waals surface area contributed by atoms with Gasteiger partial charge in [0.25, 0.3) is 0 Å². The molecular weight excluding hydrogens is 481 g/mol. The summed E-state index contributed by atoms with van der Waals surface area (Å²) in [7, 11) is 0. The lowest BCUT2D eigenvalue weighted by molar-refractivity contribution is 0.154. The number of hydrogen-bond acceptors (Lipinski definition) is 6. The third kappa shape index (κ3) is 4.15. The van der Waals surface area contributed by atoms with Gasteiger partial charge in [-0.25, -0.2) is 14.4 Å². The topological polar surface area (TPSA) is 105 Å². The largest absolute Gasteiger partial charge is 0.489 e. The molecule has 2 N–H and O–H groups in total. The Bertz CT molecular complexity index is 1750. The van der Waals surface area contributed by atoms with Crippen LogP contribution >= 0.6 is 0 Å². The van der Waals surface area contributed by atoms with E-state index in [1.807, 2.05) is 24.4 Å². The Balaban J connectivity index is 1.25. The van der Waals surface area contributed by atoms with E-state index in [9.17, 15) is 4.39 Å². The van der Waals surface area contributed by atoms with E-state index in [0.717, 1.165) is 51.9 Å². The van der Waals surface area contributed by atoms with Gasteiger partial charge in [0.1, 0.15) is 22.8 Å². The van der Waals surface area contributed by atoms with E-state index in [-0.39, 0.29) is 11.9 Å². The number of aromatic nitrogens is 7. The summed E-state index contributed by atoms with van der Waals surface area (Å²) in [5.74, 6) is 1.10. The van der Waals surface area contributed by atoms with Crippen molar-refractivity contribution in [3.63, 3.8) is 0 Å². The Hall–Kier alpha value is -4.66. The number of pyridine rings is 3. The minimum atomic E-state index is -0.294. The predicted molar refractivity (Wildman–Crippen MR) is 143 cm³/mol. The summed E-state index contributed by atoms with van der Waals surface area (Å²) in [6.07, 6.45) is 13.2. The Morgan fingerprint density at radius 1 is 0.868 bits per heavy atom. The number of benzene rings is 1. The fraction of sp³-hybridized carbons (Fsp3) is 0.207. The lowest BCUT2D eigenvalue weighted by atomic mass is 9.98. The van der Waals surface area contributed by atoms with Gasteiger partial charge in [0.15, 0.2) is 11.5 Å². The summed E-state index contributed by atoms with van der Waals surface area (Å²) >= 11 is 0. The highest BCUT2D eigenvalue weighted by Crippen LogP contribution is 2.32. The van der Waals surface area contributed by atoms with Crippen LogP contribution in [0.4, 0.5) is 4.39 Å². The average Bonchev–Trinajstić information content (AvgIpc) is 3.58. The summed E-state index contributed by atoms with van der Waals surface area (Å²) in [4.78, 5) is 21.7. The normalized spacial score (nSPS) is 14.3. The van der Waals surface area contributed by atoms with Gasteiger partial charge in [-0.15, -0.1) is 0 Å². The van der Waals surface area contributed by atoms with Crippen molar-refractivity contribution in [1.29, 1.82) is 0 Å². The van der Waals surface area contributed by atoms with Crippen molar-refractivity contribution in [3.8, 4) is 39.7 Å². The number of nitrogens with one attached hydrogen (secondary N) is 2. The molecule has 0 saturated heterocycles. The molecule has 0 bridgehead atoms. The van der Waals surface area contributed by atoms with Crippen LogP contribution in [-0.4, -0.2) is 41.2 Å². The lowest BCUT2D eigenvalue weighted by Gasteiger charge is -2.23. The van der Waals surface area contributed by atoms with Gasteiger partial charge in [0, 0.05) is 35.3 Å². The van der Waals surface area contributed by atoms with Crippen LogP contribution in [0, 0.1) is 5.82 Å². The molecule has 1 fully saturated rings. The molecule has 0 atom stereocenters. The lowest BCUT2D eigenvalue weighted by Crippen LogP contribution is -2.19. The highest BCUT2D eigenvalue weighted by atomic mass is 19.1. The van der Waals surface area contributed by atoms with Gasteiger partial charge in [-0.3, -0.25) is 15.1 Å². The zero-order valence-corrected chi connectivity index (χ0v) is 20.5. The fourth-order valence-corrected chi connectivity index (χ4v) is 5.13. The second-order valence-corrected chi connectivity index (χ2v) is 9.63. The van der Waals surface area contributed by atoms with Crippen LogP contribution in [0.1, 0.15) is 32.1 Å². The van der Waals surface area contributed by atoms with E-state index in [1.165, 1.54) is 31.4 Å². The third-order valence-corrected chi connectivity index (χ3v) is 7.07. The van der Waals surface area contributed by atoms with Crippen molar-refractivity contribution < 1.29 is 9.13 Å². The van der Waals surface area contributed by atoms with Crippen LogP contribution in [0.5, 0.6) is 5.75 Å². The predicted octanol–water partition coefficient (Wildman–Crippen LogP) is 6.48. The monoisotopic (exact) mass is 505 g/mol. The van der Waals surface area contributed by atoms with Gasteiger partial charge in [0.05, 0.1) is 28.9 Å². The molecule has 1 saturated carbocycles. The van der Waals surface area contributed by atoms with Gasteiger partial charge in [-0.05, 0) is 68.1 Å². The van der Waals surface area contributed by atoms with Crippen LogP contribution in [0.15, 0.2) is 67.3 Å². The maximum absolute atomic E-state index is 13.5. The number of hydrogen-bond donors (Lipinski definition) is 2. The number of ether oxygens (including phenoxy) is 1. The first-order valence-electron chi connectivity index (χ1n) is 12.8. The van der Waals surface area contributed by atoms with Gasteiger partial charge in [0.2, 0.25) is 0 Å². The van der Waals surface area contributed by atoms with E-state index in [4.69, 9.17) is 9.72 Å². The minimum absolute atomic E-state index is 0.254. The van der Waals surface area contributed by atoms with E-state index in [2.05, 4.69) is 30.1 Å². The van der Waals surface area contributed by atoms with Crippen molar-refractivity contribution in [1.82, 2.24) is 35.1 Å². The maximum atomic E-state index is 13.5. The van der Waals surface area contributed by atoms with Gasteiger partial charge < -0.3 is 9.72 Å². The molecule has 0 aliphatic heterocycles. The van der Waals surface area contributed by atoms with E-state index < -0.39 is 0 Å². The number of nitrogens with zero attached hydrogens (tertiary/aromatic N) is 5. The molecule has 38 heavy (non-hydrogen) atoms. The minimum Gasteiger partial charge on any atom is -0.489 e. The zero-order chi connectivity index (χ0) is 25.5. The zero-order valence-electron chi connectivity index (χ0n) is 20.5. The van der Waals surface area contributed by atoms with Gasteiger partial charge in [-0.2, -0.15) is 5.10 Å². The first kappa shape index (κ1) is 22.5. The standard InChI is InChI=1S/C29H24FN7O/c30-20-8-6-17(7-9-20)25-27-24(10-11-32-25)34-29(35-27)26-23-13-19(15-33-28(23)37-36-26)18-12-22(16-31-14-18)38-21-4-2-1-3-5-21/h6-16,21H,1-5H2,(H,34,35)(H,33,36,37). The molecular formula is C29H24FN7O. The maximum Gasteiger partial charge on any atom is 0.181 e. The van der Waals surface area contributed by atoms with Crippen LogP contribution in [0.25, 0.3) is 56.0 Å². The molecule has 1 aliphatic rings. The number of halogens is 1. The SMILES string of the molecule is Fc1ccc(-c2nccc3[nH]c(-c4[nH]nc5ncc(-c6cncc(OC7CCCCC7)c6)cc45)nc23)cc1. The van der Waals surface area contributed by atoms with Gasteiger partial charge in [-0.1, -0.05) is 6.42 Å². The van der Waals surface area contributed by atoms with E-state index in [0.29, 0.717) is 22.7 Å². The summed E-state index contributed by atoms with van der Waals surface area (Å²) < 4.78 is 19.7. The number of imidazole rings is 1. The second kappa shape index (κ2) is 9.33. The smallest absolute Gasteiger partial charge is 0.181 e. The molecule has 1 aliphatic carbocycles. The van der Waals surface area contributed by atoms with Crippen LogP contribution in [0.3, 0.4) is 0 Å². The quantitative estimate of drug-likeness (QED) is 0.278. The van der Waals surface area contributed by atoms with Gasteiger partial charge >= 0.3 is 0 Å². The van der Waals surface area contributed by atoms with Crippen molar-refractivity contribution in [2.24, 2.45) is 0 Å². The van der Waals surface area contributed by atoms with E-state index in [1.54, 1.807) is 30.7 Å². The molecule has 5 heterocycles. The highest BCUT2D eigenvalue weighted by Gasteiger charge is 2.18. The second-order valence-electron chi connectivity index (χ2n) is 9.63. The number of fused-ring (bicyclic) bond motifs is 2. The number of aromatic amines is 2.